The molecule has 2 aromatic carbocycles. The van der Waals surface area contributed by atoms with Crippen LogP contribution in [-0.4, -0.2) is 59.3 Å². The summed E-state index contributed by atoms with van der Waals surface area (Å²) >= 11 is 0. The van der Waals surface area contributed by atoms with E-state index in [1.807, 2.05) is 60.7 Å². The molecule has 0 radical (unpaired) electrons. The Morgan fingerprint density at radius 1 is 0.606 bits per heavy atom. The summed E-state index contributed by atoms with van der Waals surface area (Å²) in [6.07, 6.45) is 8.44. The summed E-state index contributed by atoms with van der Waals surface area (Å²) in [7, 11) is 0. The molecule has 4 nitrogen and oxygen atoms in total. The second-order valence-electron chi connectivity index (χ2n) is 10.3. The van der Waals surface area contributed by atoms with Crippen molar-refractivity contribution in [3.8, 4) is 0 Å². The summed E-state index contributed by atoms with van der Waals surface area (Å²) < 4.78 is 0. The summed E-state index contributed by atoms with van der Waals surface area (Å²) in [4.78, 5) is 4.88. The number of β-amino-alcohol motifs (C(OH)–C–C–N with tert-alkyl or cyclic N) is 2. The standard InChI is InChI=1S/C29H42N2O2/c32-28(26-10-3-1-4-11-26)22-30-18-14-24(15-19-30)8-7-9-25-16-20-31(21-17-25)23-29(33)27-12-5-2-6-13-27/h1-6,10-13,24-25,28-29,32-33H,7-9,14-23H2/t28-,29-/m0/s1. The highest BCUT2D eigenvalue weighted by atomic mass is 16.3. The second kappa shape index (κ2) is 12.7. The summed E-state index contributed by atoms with van der Waals surface area (Å²) in [5.74, 6) is 1.72. The molecule has 0 saturated carbocycles. The first-order valence-corrected chi connectivity index (χ1v) is 13.1. The predicted molar refractivity (Wildman–Crippen MR) is 135 cm³/mol. The first-order valence-electron chi connectivity index (χ1n) is 13.1. The van der Waals surface area contributed by atoms with Crippen LogP contribution in [0.3, 0.4) is 0 Å². The Morgan fingerprint density at radius 2 is 0.970 bits per heavy atom. The molecule has 2 heterocycles. The highest BCUT2D eigenvalue weighted by molar-refractivity contribution is 5.18. The molecule has 2 saturated heterocycles. The zero-order valence-corrected chi connectivity index (χ0v) is 20.1. The van der Waals surface area contributed by atoms with Crippen molar-refractivity contribution in [2.24, 2.45) is 11.8 Å². The molecule has 0 amide bonds. The number of hydrogen-bond donors (Lipinski definition) is 2. The van der Waals surface area contributed by atoms with Gasteiger partial charge in [0.05, 0.1) is 12.2 Å². The number of nitrogens with zero attached hydrogens (tertiary/aromatic N) is 2. The van der Waals surface area contributed by atoms with E-state index in [0.29, 0.717) is 0 Å². The molecular formula is C29H42N2O2. The number of hydrogen-bond acceptors (Lipinski definition) is 4. The van der Waals surface area contributed by atoms with Gasteiger partial charge in [-0.2, -0.15) is 0 Å². The first-order chi connectivity index (χ1) is 16.2. The van der Waals surface area contributed by atoms with E-state index in [0.717, 1.165) is 62.2 Å². The Hall–Kier alpha value is -1.72. The van der Waals surface area contributed by atoms with E-state index in [-0.39, 0.29) is 12.2 Å². The van der Waals surface area contributed by atoms with Gasteiger partial charge in [-0.05, 0) is 74.8 Å². The number of aliphatic hydroxyl groups excluding tert-OH is 2. The molecule has 0 unspecified atom stereocenters. The van der Waals surface area contributed by atoms with E-state index in [9.17, 15) is 10.2 Å². The molecule has 2 N–H and O–H groups in total. The molecule has 4 heteroatoms. The molecule has 4 rings (SSSR count). The number of benzene rings is 2. The highest BCUT2D eigenvalue weighted by Crippen LogP contribution is 2.28. The van der Waals surface area contributed by atoms with E-state index in [1.54, 1.807) is 0 Å². The Balaban J connectivity index is 1.07. The van der Waals surface area contributed by atoms with Gasteiger partial charge in [0.1, 0.15) is 0 Å². The fourth-order valence-corrected chi connectivity index (χ4v) is 5.66. The van der Waals surface area contributed by atoms with Crippen LogP contribution in [-0.2, 0) is 0 Å². The smallest absolute Gasteiger partial charge is 0.0916 e. The number of rotatable bonds is 10. The fraction of sp³-hybridized carbons (Fsp3) is 0.586. The van der Waals surface area contributed by atoms with Crippen molar-refractivity contribution in [3.63, 3.8) is 0 Å². The summed E-state index contributed by atoms with van der Waals surface area (Å²) in [6, 6.07) is 20.1. The molecule has 180 valence electrons. The van der Waals surface area contributed by atoms with Crippen molar-refractivity contribution in [1.29, 1.82) is 0 Å². The molecule has 2 fully saturated rings. The molecule has 0 bridgehead atoms. The van der Waals surface area contributed by atoms with Crippen molar-refractivity contribution in [2.75, 3.05) is 39.3 Å². The van der Waals surface area contributed by atoms with Gasteiger partial charge in [0.2, 0.25) is 0 Å². The van der Waals surface area contributed by atoms with Gasteiger partial charge >= 0.3 is 0 Å². The van der Waals surface area contributed by atoms with Crippen LogP contribution >= 0.6 is 0 Å². The Kier molecular flexibility index (Phi) is 9.36. The molecule has 2 aromatic rings. The van der Waals surface area contributed by atoms with E-state index < -0.39 is 0 Å². The first kappa shape index (κ1) is 24.4. The Morgan fingerprint density at radius 3 is 1.33 bits per heavy atom. The van der Waals surface area contributed by atoms with E-state index in [2.05, 4.69) is 9.80 Å². The van der Waals surface area contributed by atoms with Crippen LogP contribution in [0.25, 0.3) is 0 Å². The van der Waals surface area contributed by atoms with Crippen LogP contribution in [0.15, 0.2) is 60.7 Å². The third kappa shape index (κ3) is 7.65. The lowest BCUT2D eigenvalue weighted by Crippen LogP contribution is -2.37. The van der Waals surface area contributed by atoms with Gasteiger partial charge in [-0.3, -0.25) is 0 Å². The van der Waals surface area contributed by atoms with Crippen LogP contribution in [0.1, 0.15) is 68.3 Å². The number of aliphatic hydroxyl groups is 2. The third-order valence-electron chi connectivity index (χ3n) is 7.87. The van der Waals surface area contributed by atoms with Gasteiger partial charge < -0.3 is 20.0 Å². The summed E-state index contributed by atoms with van der Waals surface area (Å²) in [5.41, 5.74) is 2.06. The number of likely N-dealkylation sites (tertiary alicyclic amines) is 2. The van der Waals surface area contributed by atoms with Gasteiger partial charge in [0, 0.05) is 13.1 Å². The average molecular weight is 451 g/mol. The minimum Gasteiger partial charge on any atom is -0.387 e. The molecule has 0 aliphatic carbocycles. The minimum atomic E-state index is -0.373. The zero-order chi connectivity index (χ0) is 22.9. The van der Waals surface area contributed by atoms with Gasteiger partial charge in [0.25, 0.3) is 0 Å². The van der Waals surface area contributed by atoms with Crippen LogP contribution in [0.4, 0.5) is 0 Å². The lowest BCUT2D eigenvalue weighted by molar-refractivity contribution is 0.0833. The average Bonchev–Trinajstić information content (AvgIpc) is 2.87. The molecule has 2 aliphatic heterocycles. The zero-order valence-electron chi connectivity index (χ0n) is 20.1. The Labute approximate surface area is 200 Å². The number of piperidine rings is 2. The van der Waals surface area contributed by atoms with Crippen LogP contribution in [0, 0.1) is 11.8 Å². The van der Waals surface area contributed by atoms with Crippen LogP contribution < -0.4 is 0 Å². The molecule has 33 heavy (non-hydrogen) atoms. The van der Waals surface area contributed by atoms with Gasteiger partial charge in [-0.25, -0.2) is 0 Å². The van der Waals surface area contributed by atoms with Crippen LogP contribution in [0.5, 0.6) is 0 Å². The van der Waals surface area contributed by atoms with Crippen molar-refractivity contribution in [1.82, 2.24) is 9.80 Å². The monoisotopic (exact) mass is 450 g/mol. The van der Waals surface area contributed by atoms with Gasteiger partial charge in [0.15, 0.2) is 0 Å². The molecule has 0 spiro atoms. The molecule has 2 aliphatic rings. The quantitative estimate of drug-likeness (QED) is 0.532. The summed E-state index contributed by atoms with van der Waals surface area (Å²) in [6.45, 7) is 6.00. The largest absolute Gasteiger partial charge is 0.387 e. The molecule has 2 atom stereocenters. The highest BCUT2D eigenvalue weighted by Gasteiger charge is 2.24. The van der Waals surface area contributed by atoms with Gasteiger partial charge in [-0.1, -0.05) is 79.9 Å². The SMILES string of the molecule is O[C@@H](CN1CCC(CCCC2CCN(C[C@H](O)c3ccccc3)CC2)CC1)c1ccccc1. The Bertz CT molecular complexity index is 716. The van der Waals surface area contributed by atoms with Crippen molar-refractivity contribution in [2.45, 2.75) is 57.2 Å². The lowest BCUT2D eigenvalue weighted by Gasteiger charge is -2.34. The summed E-state index contributed by atoms with van der Waals surface area (Å²) in [5, 5.41) is 21.0. The lowest BCUT2D eigenvalue weighted by atomic mass is 9.86. The second-order valence-corrected chi connectivity index (χ2v) is 10.3. The van der Waals surface area contributed by atoms with Crippen molar-refractivity contribution in [3.05, 3.63) is 71.8 Å². The van der Waals surface area contributed by atoms with Crippen molar-refractivity contribution >= 4 is 0 Å². The normalized spacial score (nSPS) is 21.2. The maximum Gasteiger partial charge on any atom is 0.0916 e. The topological polar surface area (TPSA) is 46.9 Å². The van der Waals surface area contributed by atoms with E-state index in [1.165, 1.54) is 44.9 Å². The van der Waals surface area contributed by atoms with E-state index in [4.69, 9.17) is 0 Å². The third-order valence-corrected chi connectivity index (χ3v) is 7.87. The fourth-order valence-electron chi connectivity index (χ4n) is 5.66. The molecule has 0 aromatic heterocycles. The maximum atomic E-state index is 10.5. The van der Waals surface area contributed by atoms with Crippen molar-refractivity contribution < 1.29 is 10.2 Å². The molecular weight excluding hydrogens is 408 g/mol. The minimum absolute atomic E-state index is 0.373. The maximum absolute atomic E-state index is 10.5. The van der Waals surface area contributed by atoms with E-state index >= 15 is 0 Å². The van der Waals surface area contributed by atoms with Crippen LogP contribution in [0.2, 0.25) is 0 Å². The van der Waals surface area contributed by atoms with Gasteiger partial charge in [-0.15, -0.1) is 0 Å². The predicted octanol–water partition coefficient (Wildman–Crippen LogP) is 5.05.